The number of carbonyl (C=O) groups excluding carboxylic acids is 2. The molecule has 0 spiro atoms. The Balaban J connectivity index is 1.42. The number of nitrogens with zero attached hydrogens (tertiary/aromatic N) is 2. The number of aromatic nitrogens is 2. The first-order valence-corrected chi connectivity index (χ1v) is 8.08. The van der Waals surface area contributed by atoms with Crippen molar-refractivity contribution in [2.24, 2.45) is 0 Å². The van der Waals surface area contributed by atoms with Crippen LogP contribution in [0.15, 0.2) is 51.6 Å². The van der Waals surface area contributed by atoms with Crippen molar-refractivity contribution in [2.75, 3.05) is 6.61 Å². The van der Waals surface area contributed by atoms with E-state index >= 15 is 0 Å². The molecular formula is C18H17N3O6. The Morgan fingerprint density at radius 2 is 2.00 bits per heavy atom. The van der Waals surface area contributed by atoms with E-state index < -0.39 is 11.9 Å². The molecule has 2 aromatic heterocycles. The summed E-state index contributed by atoms with van der Waals surface area (Å²) in [6, 6.07) is 9.76. The third-order valence-corrected chi connectivity index (χ3v) is 3.40. The van der Waals surface area contributed by atoms with E-state index in [1.165, 1.54) is 6.26 Å². The molecule has 3 aromatic rings. The van der Waals surface area contributed by atoms with Gasteiger partial charge in [-0.1, -0.05) is 5.16 Å². The second-order valence-corrected chi connectivity index (χ2v) is 5.47. The van der Waals surface area contributed by atoms with Crippen molar-refractivity contribution in [3.8, 4) is 5.75 Å². The molecule has 0 radical (unpaired) electrons. The Labute approximate surface area is 154 Å². The van der Waals surface area contributed by atoms with E-state index in [0.29, 0.717) is 28.8 Å². The maximum Gasteiger partial charge on any atom is 0.338 e. The highest BCUT2D eigenvalue weighted by Crippen LogP contribution is 2.14. The molecular weight excluding hydrogens is 354 g/mol. The van der Waals surface area contributed by atoms with Crippen molar-refractivity contribution in [3.63, 3.8) is 0 Å². The van der Waals surface area contributed by atoms with Crippen LogP contribution in [0.25, 0.3) is 0 Å². The molecule has 0 saturated carbocycles. The molecule has 9 heteroatoms. The van der Waals surface area contributed by atoms with Gasteiger partial charge in [0.2, 0.25) is 11.7 Å². The van der Waals surface area contributed by atoms with Gasteiger partial charge in [0.05, 0.1) is 18.4 Å². The fourth-order valence-corrected chi connectivity index (χ4v) is 2.10. The number of rotatable bonds is 8. The lowest BCUT2D eigenvalue weighted by Crippen LogP contribution is -2.28. The molecule has 0 aliphatic rings. The monoisotopic (exact) mass is 371 g/mol. The normalized spacial score (nSPS) is 10.4. The highest BCUT2D eigenvalue weighted by molar-refractivity contribution is 5.91. The van der Waals surface area contributed by atoms with Gasteiger partial charge in [-0.15, -0.1) is 0 Å². The number of aryl methyl sites for hydroxylation is 1. The second kappa shape index (κ2) is 8.65. The zero-order chi connectivity index (χ0) is 19.1. The molecule has 0 bridgehead atoms. The number of furan rings is 1. The third-order valence-electron chi connectivity index (χ3n) is 3.40. The van der Waals surface area contributed by atoms with E-state index in [2.05, 4.69) is 15.5 Å². The minimum absolute atomic E-state index is 0.150. The lowest BCUT2D eigenvalue weighted by molar-refractivity contribution is -0.124. The van der Waals surface area contributed by atoms with Crippen LogP contribution in [-0.2, 0) is 22.7 Å². The summed E-state index contributed by atoms with van der Waals surface area (Å²) >= 11 is 0. The number of esters is 1. The van der Waals surface area contributed by atoms with Crippen LogP contribution in [0.1, 0.15) is 27.8 Å². The zero-order valence-corrected chi connectivity index (χ0v) is 14.5. The minimum Gasteiger partial charge on any atom is -0.485 e. The van der Waals surface area contributed by atoms with Gasteiger partial charge in [0.15, 0.2) is 13.2 Å². The summed E-state index contributed by atoms with van der Waals surface area (Å²) in [6.07, 6.45) is 1.51. The molecule has 2 heterocycles. The van der Waals surface area contributed by atoms with Gasteiger partial charge in [0.25, 0.3) is 5.91 Å². The molecule has 0 atom stereocenters. The van der Waals surface area contributed by atoms with Crippen molar-refractivity contribution >= 4 is 11.9 Å². The summed E-state index contributed by atoms with van der Waals surface area (Å²) in [6.45, 7) is 1.69. The number of amides is 1. The Morgan fingerprint density at radius 3 is 2.67 bits per heavy atom. The van der Waals surface area contributed by atoms with Crippen molar-refractivity contribution in [2.45, 2.75) is 20.1 Å². The number of nitrogens with one attached hydrogen (secondary N) is 1. The fourth-order valence-electron chi connectivity index (χ4n) is 2.10. The number of ether oxygens (including phenoxy) is 2. The van der Waals surface area contributed by atoms with Crippen LogP contribution in [0.2, 0.25) is 0 Å². The highest BCUT2D eigenvalue weighted by atomic mass is 16.5. The van der Waals surface area contributed by atoms with E-state index in [1.807, 2.05) is 0 Å². The van der Waals surface area contributed by atoms with Gasteiger partial charge < -0.3 is 23.7 Å². The summed E-state index contributed by atoms with van der Waals surface area (Å²) in [7, 11) is 0. The lowest BCUT2D eigenvalue weighted by atomic mass is 10.2. The molecule has 0 aliphatic carbocycles. The maximum atomic E-state index is 12.0. The van der Waals surface area contributed by atoms with Gasteiger partial charge in [-0.05, 0) is 36.4 Å². The Morgan fingerprint density at radius 1 is 1.19 bits per heavy atom. The molecule has 0 saturated heterocycles. The quantitative estimate of drug-likeness (QED) is 0.598. The molecule has 1 aromatic carbocycles. The van der Waals surface area contributed by atoms with Gasteiger partial charge >= 0.3 is 5.97 Å². The molecule has 1 amide bonds. The van der Waals surface area contributed by atoms with Crippen molar-refractivity contribution < 1.29 is 28.0 Å². The van der Waals surface area contributed by atoms with E-state index in [9.17, 15) is 9.59 Å². The van der Waals surface area contributed by atoms with E-state index in [4.69, 9.17) is 18.4 Å². The summed E-state index contributed by atoms with van der Waals surface area (Å²) in [5.74, 6) is 1.00. The van der Waals surface area contributed by atoms with Gasteiger partial charge in [0.1, 0.15) is 11.5 Å². The first kappa shape index (κ1) is 18.2. The van der Waals surface area contributed by atoms with E-state index in [-0.39, 0.29) is 19.8 Å². The molecule has 0 aliphatic heterocycles. The smallest absolute Gasteiger partial charge is 0.338 e. The fraction of sp³-hybridized carbons (Fsp3) is 0.222. The lowest BCUT2D eigenvalue weighted by Gasteiger charge is -2.07. The molecule has 0 unspecified atom stereocenters. The second-order valence-electron chi connectivity index (χ2n) is 5.47. The topological polar surface area (TPSA) is 117 Å². The van der Waals surface area contributed by atoms with Crippen molar-refractivity contribution in [1.82, 2.24) is 15.5 Å². The third kappa shape index (κ3) is 5.43. The SMILES string of the molecule is Cc1nc(COc2ccc(C(=O)OCC(=O)NCc3ccco3)cc2)no1. The first-order valence-electron chi connectivity index (χ1n) is 8.08. The molecule has 27 heavy (non-hydrogen) atoms. The van der Waals surface area contributed by atoms with Crippen LogP contribution in [0.3, 0.4) is 0 Å². The molecule has 3 rings (SSSR count). The first-order chi connectivity index (χ1) is 13.1. The van der Waals surface area contributed by atoms with Crippen LogP contribution in [0.5, 0.6) is 5.75 Å². The largest absolute Gasteiger partial charge is 0.485 e. The predicted molar refractivity (Wildman–Crippen MR) is 90.6 cm³/mol. The summed E-state index contributed by atoms with van der Waals surface area (Å²) in [5.41, 5.74) is 0.302. The Hall–Kier alpha value is -3.62. The van der Waals surface area contributed by atoms with Crippen LogP contribution in [0, 0.1) is 6.92 Å². The van der Waals surface area contributed by atoms with Crippen molar-refractivity contribution in [3.05, 3.63) is 65.7 Å². The van der Waals surface area contributed by atoms with Crippen molar-refractivity contribution in [1.29, 1.82) is 0 Å². The van der Waals surface area contributed by atoms with Gasteiger partial charge in [-0.2, -0.15) is 4.98 Å². The summed E-state index contributed by atoms with van der Waals surface area (Å²) < 4.78 is 20.4. The standard InChI is InChI=1S/C18H17N3O6/c1-12-20-16(21-27-12)10-25-14-6-4-13(5-7-14)18(23)26-11-17(22)19-9-15-3-2-8-24-15/h2-8H,9-11H2,1H3,(H,19,22). The summed E-state index contributed by atoms with van der Waals surface area (Å²) in [5, 5.41) is 6.31. The number of hydrogen-bond donors (Lipinski definition) is 1. The maximum absolute atomic E-state index is 12.0. The van der Waals surface area contributed by atoms with Gasteiger partial charge in [-0.25, -0.2) is 4.79 Å². The van der Waals surface area contributed by atoms with Gasteiger partial charge in [0, 0.05) is 6.92 Å². The number of benzene rings is 1. The number of carbonyl (C=O) groups is 2. The zero-order valence-electron chi connectivity index (χ0n) is 14.5. The molecule has 140 valence electrons. The Bertz CT molecular complexity index is 886. The van der Waals surface area contributed by atoms with Crippen LogP contribution >= 0.6 is 0 Å². The molecule has 9 nitrogen and oxygen atoms in total. The van der Waals surface area contributed by atoms with Crippen LogP contribution < -0.4 is 10.1 Å². The average molecular weight is 371 g/mol. The molecule has 0 fully saturated rings. The molecule has 1 N–H and O–H groups in total. The van der Waals surface area contributed by atoms with E-state index in [1.54, 1.807) is 43.3 Å². The summed E-state index contributed by atoms with van der Waals surface area (Å²) in [4.78, 5) is 27.7. The minimum atomic E-state index is -0.608. The number of hydrogen-bond acceptors (Lipinski definition) is 8. The highest BCUT2D eigenvalue weighted by Gasteiger charge is 2.11. The van der Waals surface area contributed by atoms with Crippen LogP contribution in [0.4, 0.5) is 0 Å². The average Bonchev–Trinajstić information content (AvgIpc) is 3.34. The van der Waals surface area contributed by atoms with E-state index in [0.717, 1.165) is 0 Å². The van der Waals surface area contributed by atoms with Crippen LogP contribution in [-0.4, -0.2) is 28.6 Å². The van der Waals surface area contributed by atoms with Gasteiger partial charge in [-0.3, -0.25) is 4.79 Å². The predicted octanol–water partition coefficient (Wildman–Crippen LogP) is 2.02. The Kier molecular flexibility index (Phi) is 5.83.